The third-order valence-corrected chi connectivity index (χ3v) is 3.97. The summed E-state index contributed by atoms with van der Waals surface area (Å²) in [7, 11) is 2.03. The molecule has 1 fully saturated rings. The Kier molecular flexibility index (Phi) is 3.87. The van der Waals surface area contributed by atoms with Gasteiger partial charge in [-0.2, -0.15) is 0 Å². The van der Waals surface area contributed by atoms with E-state index in [0.29, 0.717) is 24.1 Å². The summed E-state index contributed by atoms with van der Waals surface area (Å²) >= 11 is 0. The van der Waals surface area contributed by atoms with Crippen molar-refractivity contribution < 1.29 is 4.79 Å². The lowest BCUT2D eigenvalue weighted by Crippen LogP contribution is -2.38. The van der Waals surface area contributed by atoms with E-state index in [9.17, 15) is 4.79 Å². The summed E-state index contributed by atoms with van der Waals surface area (Å²) in [5.74, 6) is 0.135. The summed E-state index contributed by atoms with van der Waals surface area (Å²) in [5.41, 5.74) is 12.7. The molecular formula is C14H21N3O. The van der Waals surface area contributed by atoms with E-state index in [2.05, 4.69) is 4.90 Å². The van der Waals surface area contributed by atoms with Gasteiger partial charge in [-0.15, -0.1) is 0 Å². The molecule has 1 aliphatic carbocycles. The smallest absolute Gasteiger partial charge is 0.250 e. The van der Waals surface area contributed by atoms with E-state index in [4.69, 9.17) is 11.5 Å². The lowest BCUT2D eigenvalue weighted by atomic mass is 10.0. The minimum absolute atomic E-state index is 0.375. The van der Waals surface area contributed by atoms with Gasteiger partial charge in [-0.05, 0) is 37.4 Å². The molecule has 2 rings (SSSR count). The van der Waals surface area contributed by atoms with E-state index in [0.717, 1.165) is 12.1 Å². The zero-order chi connectivity index (χ0) is 13.1. The van der Waals surface area contributed by atoms with Crippen LogP contribution < -0.4 is 16.4 Å². The van der Waals surface area contributed by atoms with Gasteiger partial charge >= 0.3 is 0 Å². The molecule has 0 aromatic heterocycles. The van der Waals surface area contributed by atoms with Gasteiger partial charge in [0.1, 0.15) is 0 Å². The third kappa shape index (κ3) is 2.34. The van der Waals surface area contributed by atoms with Gasteiger partial charge in [0.05, 0.1) is 5.56 Å². The van der Waals surface area contributed by atoms with Crippen LogP contribution in [0.5, 0.6) is 0 Å². The van der Waals surface area contributed by atoms with Gasteiger partial charge in [-0.25, -0.2) is 0 Å². The predicted octanol–water partition coefficient (Wildman–Crippen LogP) is 1.35. The number of carbonyl (C=O) groups is 1. The van der Waals surface area contributed by atoms with Crippen LogP contribution in [-0.4, -0.2) is 25.5 Å². The molecule has 0 radical (unpaired) electrons. The number of nitrogens with zero attached hydrogens (tertiary/aromatic N) is 1. The second-order valence-electron chi connectivity index (χ2n) is 4.99. The lowest BCUT2D eigenvalue weighted by molar-refractivity contribution is 0.100. The van der Waals surface area contributed by atoms with E-state index in [-0.39, 0.29) is 5.91 Å². The highest BCUT2D eigenvalue weighted by molar-refractivity contribution is 5.98. The molecule has 0 spiro atoms. The molecule has 0 aliphatic heterocycles. The Morgan fingerprint density at radius 2 is 2.11 bits per heavy atom. The molecule has 0 bridgehead atoms. The highest BCUT2D eigenvalue weighted by atomic mass is 16.1. The van der Waals surface area contributed by atoms with Crippen LogP contribution >= 0.6 is 0 Å². The highest BCUT2D eigenvalue weighted by Crippen LogP contribution is 2.32. The van der Waals surface area contributed by atoms with Crippen LogP contribution in [0.2, 0.25) is 0 Å². The van der Waals surface area contributed by atoms with Crippen molar-refractivity contribution in [2.24, 2.45) is 17.4 Å². The Morgan fingerprint density at radius 1 is 1.39 bits per heavy atom. The SMILES string of the molecule is CN(c1ccccc1C(N)=O)C1CCCC1CN. The van der Waals surface area contributed by atoms with Crippen molar-refractivity contribution in [3.8, 4) is 0 Å². The number of hydrogen-bond donors (Lipinski definition) is 2. The van der Waals surface area contributed by atoms with Gasteiger partial charge in [-0.1, -0.05) is 18.6 Å². The Labute approximate surface area is 108 Å². The first-order valence-corrected chi connectivity index (χ1v) is 6.47. The summed E-state index contributed by atoms with van der Waals surface area (Å²) in [6.45, 7) is 0.702. The molecule has 18 heavy (non-hydrogen) atoms. The number of benzene rings is 1. The van der Waals surface area contributed by atoms with Crippen LogP contribution in [0.1, 0.15) is 29.6 Å². The molecule has 2 atom stereocenters. The largest absolute Gasteiger partial charge is 0.371 e. The molecule has 1 aliphatic rings. The summed E-state index contributed by atoms with van der Waals surface area (Å²) in [6, 6.07) is 7.92. The molecule has 4 N–H and O–H groups in total. The van der Waals surface area contributed by atoms with Crippen molar-refractivity contribution in [1.29, 1.82) is 0 Å². The summed E-state index contributed by atoms with van der Waals surface area (Å²) < 4.78 is 0. The Morgan fingerprint density at radius 3 is 2.78 bits per heavy atom. The number of hydrogen-bond acceptors (Lipinski definition) is 3. The van der Waals surface area contributed by atoms with E-state index in [1.807, 2.05) is 25.2 Å². The maximum Gasteiger partial charge on any atom is 0.250 e. The minimum atomic E-state index is -0.375. The second kappa shape index (κ2) is 5.40. The highest BCUT2D eigenvalue weighted by Gasteiger charge is 2.30. The third-order valence-electron chi connectivity index (χ3n) is 3.97. The van der Waals surface area contributed by atoms with Crippen molar-refractivity contribution in [2.75, 3.05) is 18.5 Å². The topological polar surface area (TPSA) is 72.3 Å². The standard InChI is InChI=1S/C14H21N3O/c1-17(12-8-4-5-10(12)9-15)13-7-3-2-6-11(13)14(16)18/h2-3,6-7,10,12H,4-5,8-9,15H2,1H3,(H2,16,18). The fraction of sp³-hybridized carbons (Fsp3) is 0.500. The monoisotopic (exact) mass is 247 g/mol. The predicted molar refractivity (Wildman–Crippen MR) is 73.5 cm³/mol. The molecular weight excluding hydrogens is 226 g/mol. The first-order chi connectivity index (χ1) is 8.65. The van der Waals surface area contributed by atoms with Gasteiger partial charge in [-0.3, -0.25) is 4.79 Å². The number of rotatable bonds is 4. The van der Waals surface area contributed by atoms with E-state index >= 15 is 0 Å². The van der Waals surface area contributed by atoms with E-state index in [1.165, 1.54) is 12.8 Å². The molecule has 98 valence electrons. The van der Waals surface area contributed by atoms with Gasteiger partial charge in [0.25, 0.3) is 5.91 Å². The maximum absolute atomic E-state index is 11.5. The Bertz CT molecular complexity index is 433. The summed E-state index contributed by atoms with van der Waals surface area (Å²) in [4.78, 5) is 13.6. The molecule has 1 amide bonds. The Hall–Kier alpha value is -1.55. The number of anilines is 1. The molecule has 0 heterocycles. The fourth-order valence-corrected chi connectivity index (χ4v) is 2.97. The number of nitrogens with two attached hydrogens (primary N) is 2. The van der Waals surface area contributed by atoms with Crippen molar-refractivity contribution in [2.45, 2.75) is 25.3 Å². The molecule has 1 aromatic rings. The van der Waals surface area contributed by atoms with Crippen molar-refractivity contribution in [3.05, 3.63) is 29.8 Å². The Balaban J connectivity index is 2.28. The number of carbonyl (C=O) groups excluding carboxylic acids is 1. The van der Waals surface area contributed by atoms with E-state index in [1.54, 1.807) is 6.07 Å². The molecule has 1 saturated carbocycles. The fourth-order valence-electron chi connectivity index (χ4n) is 2.97. The average Bonchev–Trinajstić information content (AvgIpc) is 2.86. The summed E-state index contributed by atoms with van der Waals surface area (Å²) in [5, 5.41) is 0. The van der Waals surface area contributed by atoms with Gasteiger partial charge < -0.3 is 16.4 Å². The minimum Gasteiger partial charge on any atom is -0.371 e. The molecule has 0 saturated heterocycles. The van der Waals surface area contributed by atoms with Crippen molar-refractivity contribution in [3.63, 3.8) is 0 Å². The zero-order valence-corrected chi connectivity index (χ0v) is 10.8. The average molecular weight is 247 g/mol. The number of amides is 1. The molecule has 4 heteroatoms. The second-order valence-corrected chi connectivity index (χ2v) is 4.99. The summed E-state index contributed by atoms with van der Waals surface area (Å²) in [6.07, 6.45) is 3.51. The quantitative estimate of drug-likeness (QED) is 0.843. The van der Waals surface area contributed by atoms with Crippen molar-refractivity contribution in [1.82, 2.24) is 0 Å². The zero-order valence-electron chi connectivity index (χ0n) is 10.8. The van der Waals surface area contributed by atoms with Crippen LogP contribution in [0.15, 0.2) is 24.3 Å². The molecule has 4 nitrogen and oxygen atoms in total. The van der Waals surface area contributed by atoms with Crippen LogP contribution in [0.4, 0.5) is 5.69 Å². The molecule has 2 unspecified atom stereocenters. The van der Waals surface area contributed by atoms with Crippen LogP contribution in [0.3, 0.4) is 0 Å². The first kappa shape index (κ1) is 12.9. The van der Waals surface area contributed by atoms with Gasteiger partial charge in [0.15, 0.2) is 0 Å². The van der Waals surface area contributed by atoms with Gasteiger partial charge in [0.2, 0.25) is 0 Å². The van der Waals surface area contributed by atoms with Crippen LogP contribution in [-0.2, 0) is 0 Å². The molecule has 1 aromatic carbocycles. The number of para-hydroxylation sites is 1. The normalized spacial score (nSPS) is 23.0. The van der Waals surface area contributed by atoms with Crippen LogP contribution in [0.25, 0.3) is 0 Å². The number of primary amides is 1. The van der Waals surface area contributed by atoms with Crippen molar-refractivity contribution >= 4 is 11.6 Å². The lowest BCUT2D eigenvalue weighted by Gasteiger charge is -2.32. The maximum atomic E-state index is 11.5. The van der Waals surface area contributed by atoms with Gasteiger partial charge in [0, 0.05) is 18.8 Å². The van der Waals surface area contributed by atoms with Crippen LogP contribution in [0, 0.1) is 5.92 Å². The van der Waals surface area contributed by atoms with E-state index < -0.39 is 0 Å². The first-order valence-electron chi connectivity index (χ1n) is 6.47.